The van der Waals surface area contributed by atoms with Crippen molar-refractivity contribution in [2.45, 2.75) is 12.5 Å². The first-order valence-corrected chi connectivity index (χ1v) is 5.13. The lowest BCUT2D eigenvalue weighted by atomic mass is 10.3. The van der Waals surface area contributed by atoms with Gasteiger partial charge < -0.3 is 10.0 Å². The van der Waals surface area contributed by atoms with Gasteiger partial charge in [0.25, 0.3) is 5.91 Å². The first-order valence-electron chi connectivity index (χ1n) is 4.76. The quantitative estimate of drug-likeness (QED) is 0.776. The molecule has 1 aromatic heterocycles. The van der Waals surface area contributed by atoms with E-state index in [1.165, 1.54) is 12.3 Å². The third-order valence-corrected chi connectivity index (χ3v) is 2.63. The molecule has 4 nitrogen and oxygen atoms in total. The summed E-state index contributed by atoms with van der Waals surface area (Å²) >= 11 is 5.76. The van der Waals surface area contributed by atoms with Gasteiger partial charge in [0.1, 0.15) is 5.69 Å². The average molecular weight is 227 g/mol. The summed E-state index contributed by atoms with van der Waals surface area (Å²) in [6.07, 6.45) is 1.72. The van der Waals surface area contributed by atoms with Crippen LogP contribution >= 0.6 is 11.6 Å². The zero-order chi connectivity index (χ0) is 10.8. The van der Waals surface area contributed by atoms with Crippen LogP contribution < -0.4 is 0 Å². The molecule has 1 unspecified atom stereocenters. The second kappa shape index (κ2) is 4.16. The fourth-order valence-corrected chi connectivity index (χ4v) is 1.77. The molecule has 2 rings (SSSR count). The van der Waals surface area contributed by atoms with E-state index in [2.05, 4.69) is 4.98 Å². The summed E-state index contributed by atoms with van der Waals surface area (Å²) in [5, 5.41) is 9.80. The van der Waals surface area contributed by atoms with E-state index >= 15 is 0 Å². The first kappa shape index (κ1) is 10.4. The maximum Gasteiger partial charge on any atom is 0.272 e. The SMILES string of the molecule is O=C(c1cc(Cl)ccn1)N1CCC(O)C1. The molecule has 0 aliphatic carbocycles. The fourth-order valence-electron chi connectivity index (χ4n) is 1.61. The van der Waals surface area contributed by atoms with Gasteiger partial charge in [0, 0.05) is 24.3 Å². The van der Waals surface area contributed by atoms with Crippen LogP contribution in [0.25, 0.3) is 0 Å². The monoisotopic (exact) mass is 226 g/mol. The Morgan fingerprint density at radius 1 is 1.67 bits per heavy atom. The van der Waals surface area contributed by atoms with Gasteiger partial charge in [-0.2, -0.15) is 0 Å². The van der Waals surface area contributed by atoms with Gasteiger partial charge in [-0.15, -0.1) is 0 Å². The summed E-state index contributed by atoms with van der Waals surface area (Å²) < 4.78 is 0. The lowest BCUT2D eigenvalue weighted by Gasteiger charge is -2.14. The van der Waals surface area contributed by atoms with Crippen LogP contribution in [0.2, 0.25) is 5.02 Å². The van der Waals surface area contributed by atoms with E-state index in [-0.39, 0.29) is 5.91 Å². The molecule has 0 aromatic carbocycles. The second-order valence-electron chi connectivity index (χ2n) is 3.55. The molecule has 80 valence electrons. The van der Waals surface area contributed by atoms with E-state index in [4.69, 9.17) is 11.6 Å². The van der Waals surface area contributed by atoms with Crippen LogP contribution in [0, 0.1) is 0 Å². The van der Waals surface area contributed by atoms with Crippen molar-refractivity contribution in [1.29, 1.82) is 0 Å². The highest BCUT2D eigenvalue weighted by molar-refractivity contribution is 6.30. The van der Waals surface area contributed by atoms with Crippen LogP contribution in [-0.2, 0) is 0 Å². The first-order chi connectivity index (χ1) is 7.16. The molecule has 0 bridgehead atoms. The lowest BCUT2D eigenvalue weighted by Crippen LogP contribution is -2.30. The molecule has 1 saturated heterocycles. The van der Waals surface area contributed by atoms with E-state index < -0.39 is 6.10 Å². The number of aromatic nitrogens is 1. The van der Waals surface area contributed by atoms with Crippen molar-refractivity contribution in [3.05, 3.63) is 29.0 Å². The van der Waals surface area contributed by atoms with Crippen molar-refractivity contribution in [3.8, 4) is 0 Å². The Morgan fingerprint density at radius 3 is 3.07 bits per heavy atom. The maximum absolute atomic E-state index is 11.8. The topological polar surface area (TPSA) is 53.4 Å². The number of rotatable bonds is 1. The third kappa shape index (κ3) is 2.27. The van der Waals surface area contributed by atoms with Gasteiger partial charge in [0.15, 0.2) is 0 Å². The summed E-state index contributed by atoms with van der Waals surface area (Å²) in [7, 11) is 0. The highest BCUT2D eigenvalue weighted by atomic mass is 35.5. The third-order valence-electron chi connectivity index (χ3n) is 2.39. The predicted octanol–water partition coefficient (Wildman–Crippen LogP) is 0.942. The number of β-amino-alcohol motifs (C(OH)–C–C–N with tert-alkyl or cyclic N) is 1. The molecule has 5 heteroatoms. The van der Waals surface area contributed by atoms with Gasteiger partial charge in [-0.05, 0) is 18.6 Å². The van der Waals surface area contributed by atoms with Crippen LogP contribution in [0.3, 0.4) is 0 Å². The molecule has 1 aliphatic heterocycles. The van der Waals surface area contributed by atoms with Crippen LogP contribution in [0.15, 0.2) is 18.3 Å². The molecular weight excluding hydrogens is 216 g/mol. The van der Waals surface area contributed by atoms with Crippen LogP contribution in [0.5, 0.6) is 0 Å². The van der Waals surface area contributed by atoms with E-state index in [0.717, 1.165) is 0 Å². The van der Waals surface area contributed by atoms with Gasteiger partial charge in [0.2, 0.25) is 0 Å². The molecule has 0 radical (unpaired) electrons. The van der Waals surface area contributed by atoms with E-state index in [1.807, 2.05) is 0 Å². The molecule has 1 N–H and O–H groups in total. The number of carbonyl (C=O) groups excluding carboxylic acids is 1. The van der Waals surface area contributed by atoms with Crippen molar-refractivity contribution < 1.29 is 9.90 Å². The Labute approximate surface area is 92.5 Å². The van der Waals surface area contributed by atoms with E-state index in [9.17, 15) is 9.90 Å². The highest BCUT2D eigenvalue weighted by Crippen LogP contribution is 2.14. The van der Waals surface area contributed by atoms with Gasteiger partial charge >= 0.3 is 0 Å². The summed E-state index contributed by atoms with van der Waals surface area (Å²) in [4.78, 5) is 17.4. The Morgan fingerprint density at radius 2 is 2.47 bits per heavy atom. The van der Waals surface area contributed by atoms with E-state index in [1.54, 1.807) is 11.0 Å². The van der Waals surface area contributed by atoms with E-state index in [0.29, 0.717) is 30.2 Å². The standard InChI is InChI=1S/C10H11ClN2O2/c11-7-1-3-12-9(5-7)10(15)13-4-2-8(14)6-13/h1,3,5,8,14H,2,4,6H2. The second-order valence-corrected chi connectivity index (χ2v) is 3.99. The number of halogens is 1. The lowest BCUT2D eigenvalue weighted by molar-refractivity contribution is 0.0759. The average Bonchev–Trinajstić information content (AvgIpc) is 2.64. The summed E-state index contributed by atoms with van der Waals surface area (Å²) in [5.41, 5.74) is 0.330. The number of hydrogen-bond donors (Lipinski definition) is 1. The van der Waals surface area contributed by atoms with Crippen molar-refractivity contribution >= 4 is 17.5 Å². The molecule has 0 spiro atoms. The van der Waals surface area contributed by atoms with Crippen LogP contribution in [0.4, 0.5) is 0 Å². The normalized spacial score (nSPS) is 20.7. The van der Waals surface area contributed by atoms with Crippen molar-refractivity contribution in [3.63, 3.8) is 0 Å². The molecule has 2 heterocycles. The fraction of sp³-hybridized carbons (Fsp3) is 0.400. The smallest absolute Gasteiger partial charge is 0.272 e. The molecular formula is C10H11ClN2O2. The Balaban J connectivity index is 2.14. The Kier molecular flexibility index (Phi) is 2.88. The number of aliphatic hydroxyl groups excluding tert-OH is 1. The van der Waals surface area contributed by atoms with Gasteiger partial charge in [0.05, 0.1) is 6.10 Å². The van der Waals surface area contributed by atoms with Gasteiger partial charge in [-0.3, -0.25) is 9.78 Å². The number of carbonyl (C=O) groups is 1. The number of nitrogens with zero attached hydrogens (tertiary/aromatic N) is 2. The molecule has 1 amide bonds. The van der Waals surface area contributed by atoms with Crippen LogP contribution in [0.1, 0.15) is 16.9 Å². The maximum atomic E-state index is 11.8. The minimum Gasteiger partial charge on any atom is -0.391 e. The van der Waals surface area contributed by atoms with Crippen LogP contribution in [-0.4, -0.2) is 40.1 Å². The number of hydrogen-bond acceptors (Lipinski definition) is 3. The summed E-state index contributed by atoms with van der Waals surface area (Å²) in [6.45, 7) is 0.960. The minimum absolute atomic E-state index is 0.172. The molecule has 15 heavy (non-hydrogen) atoms. The summed E-state index contributed by atoms with van der Waals surface area (Å²) in [5.74, 6) is -0.172. The van der Waals surface area contributed by atoms with Crippen molar-refractivity contribution in [2.75, 3.05) is 13.1 Å². The zero-order valence-corrected chi connectivity index (χ0v) is 8.81. The zero-order valence-electron chi connectivity index (χ0n) is 8.06. The molecule has 0 saturated carbocycles. The van der Waals surface area contributed by atoms with Gasteiger partial charge in [-0.25, -0.2) is 0 Å². The Hall–Kier alpha value is -1.13. The predicted molar refractivity (Wildman–Crippen MR) is 55.8 cm³/mol. The number of aliphatic hydroxyl groups is 1. The molecule has 1 aromatic rings. The van der Waals surface area contributed by atoms with Crippen molar-refractivity contribution in [1.82, 2.24) is 9.88 Å². The summed E-state index contributed by atoms with van der Waals surface area (Å²) in [6, 6.07) is 3.16. The number of amides is 1. The molecule has 1 atom stereocenters. The van der Waals surface area contributed by atoms with Gasteiger partial charge in [-0.1, -0.05) is 11.6 Å². The van der Waals surface area contributed by atoms with Crippen molar-refractivity contribution in [2.24, 2.45) is 0 Å². The molecule has 1 aliphatic rings. The number of pyridine rings is 1. The Bertz CT molecular complexity index is 383. The molecule has 1 fully saturated rings. The minimum atomic E-state index is -0.409. The number of likely N-dealkylation sites (tertiary alicyclic amines) is 1. The largest absolute Gasteiger partial charge is 0.391 e. The highest BCUT2D eigenvalue weighted by Gasteiger charge is 2.25.